The van der Waals surface area contributed by atoms with Crippen molar-refractivity contribution in [3.8, 4) is 5.75 Å². The molecular weight excluding hydrogens is 364 g/mol. The average molecular weight is 387 g/mol. The fourth-order valence-corrected chi connectivity index (χ4v) is 3.48. The molecule has 27 heavy (non-hydrogen) atoms. The van der Waals surface area contributed by atoms with Crippen molar-refractivity contribution in [3.63, 3.8) is 0 Å². The number of hydrogen-bond acceptors (Lipinski definition) is 4. The summed E-state index contributed by atoms with van der Waals surface area (Å²) in [4.78, 5) is 28.2. The van der Waals surface area contributed by atoms with E-state index in [1.54, 1.807) is 32.2 Å². The minimum Gasteiger partial charge on any atom is -0.496 e. The first kappa shape index (κ1) is 19.2. The molecule has 1 amide bonds. The van der Waals surface area contributed by atoms with Crippen LogP contribution in [0.4, 0.5) is 5.69 Å². The molecule has 0 spiro atoms. The van der Waals surface area contributed by atoms with Crippen molar-refractivity contribution < 1.29 is 14.3 Å². The number of benzene rings is 2. The summed E-state index contributed by atoms with van der Waals surface area (Å²) in [5.74, 6) is 0.813. The van der Waals surface area contributed by atoms with Gasteiger partial charge in [0.1, 0.15) is 5.75 Å². The van der Waals surface area contributed by atoms with Gasteiger partial charge in [0.2, 0.25) is 5.91 Å². The number of ketones is 1. The molecule has 0 unspecified atom stereocenters. The topological polar surface area (TPSA) is 49.9 Å². The highest BCUT2D eigenvalue weighted by atomic mass is 35.5. The van der Waals surface area contributed by atoms with Crippen molar-refractivity contribution >= 4 is 29.0 Å². The maximum Gasteiger partial charge on any atom is 0.227 e. The third-order valence-electron chi connectivity index (χ3n) is 4.86. The van der Waals surface area contributed by atoms with Gasteiger partial charge in [-0.15, -0.1) is 0 Å². The number of methoxy groups -OCH3 is 1. The molecule has 0 atom stereocenters. The van der Waals surface area contributed by atoms with Crippen LogP contribution in [-0.2, 0) is 11.2 Å². The fourth-order valence-electron chi connectivity index (χ4n) is 3.28. The Hall–Kier alpha value is -2.53. The zero-order chi connectivity index (χ0) is 19.4. The summed E-state index contributed by atoms with van der Waals surface area (Å²) in [7, 11) is 1.59. The molecule has 0 radical (unpaired) electrons. The Morgan fingerprint density at radius 3 is 2.30 bits per heavy atom. The van der Waals surface area contributed by atoms with Gasteiger partial charge >= 0.3 is 0 Å². The molecule has 1 aliphatic rings. The Bertz CT molecular complexity index is 828. The molecule has 1 fully saturated rings. The summed E-state index contributed by atoms with van der Waals surface area (Å²) in [6.07, 6.45) is 0.275. The smallest absolute Gasteiger partial charge is 0.227 e. The van der Waals surface area contributed by atoms with Crippen molar-refractivity contribution in [2.75, 3.05) is 38.2 Å². The van der Waals surface area contributed by atoms with Crippen molar-refractivity contribution in [2.24, 2.45) is 0 Å². The first-order chi connectivity index (χ1) is 13.0. The molecule has 0 bridgehead atoms. The second kappa shape index (κ2) is 8.44. The Kier molecular flexibility index (Phi) is 6.01. The number of hydrogen-bond donors (Lipinski definition) is 0. The molecule has 1 saturated heterocycles. The summed E-state index contributed by atoms with van der Waals surface area (Å²) in [5.41, 5.74) is 2.59. The standard InChI is InChI=1S/C21H23ClN2O3/c1-15(25)16-3-6-19(7-4-16)23-9-11-24(12-10-23)21(26)14-17-13-18(22)5-8-20(17)27-2/h3-8,13H,9-12,14H2,1-2H3. The predicted molar refractivity (Wildman–Crippen MR) is 107 cm³/mol. The van der Waals surface area contributed by atoms with Crippen LogP contribution in [0, 0.1) is 0 Å². The van der Waals surface area contributed by atoms with Gasteiger partial charge in [-0.3, -0.25) is 9.59 Å². The Morgan fingerprint density at radius 2 is 1.70 bits per heavy atom. The molecule has 1 aliphatic heterocycles. The summed E-state index contributed by atoms with van der Waals surface area (Å²) < 4.78 is 5.33. The predicted octanol–water partition coefficient (Wildman–Crippen LogP) is 3.44. The van der Waals surface area contributed by atoms with Gasteiger partial charge in [0.05, 0.1) is 13.5 Å². The number of carbonyl (C=O) groups excluding carboxylic acids is 2. The zero-order valence-corrected chi connectivity index (χ0v) is 16.3. The molecule has 2 aromatic carbocycles. The van der Waals surface area contributed by atoms with Crippen LogP contribution in [0.15, 0.2) is 42.5 Å². The molecule has 1 heterocycles. The quantitative estimate of drug-likeness (QED) is 0.738. The van der Waals surface area contributed by atoms with Crippen LogP contribution >= 0.6 is 11.6 Å². The second-order valence-electron chi connectivity index (χ2n) is 6.60. The van der Waals surface area contributed by atoms with Gasteiger partial charge in [0, 0.05) is 48.0 Å². The maximum atomic E-state index is 12.7. The molecule has 5 nitrogen and oxygen atoms in total. The third kappa shape index (κ3) is 4.61. The molecule has 0 aromatic heterocycles. The second-order valence-corrected chi connectivity index (χ2v) is 7.04. The van der Waals surface area contributed by atoms with E-state index in [4.69, 9.17) is 16.3 Å². The van der Waals surface area contributed by atoms with Crippen LogP contribution in [0.5, 0.6) is 5.75 Å². The molecule has 3 rings (SSSR count). The van der Waals surface area contributed by atoms with Crippen molar-refractivity contribution in [1.29, 1.82) is 0 Å². The lowest BCUT2D eigenvalue weighted by Gasteiger charge is -2.36. The molecule has 0 N–H and O–H groups in total. The van der Waals surface area contributed by atoms with Crippen LogP contribution in [0.2, 0.25) is 5.02 Å². The average Bonchev–Trinajstić information content (AvgIpc) is 2.68. The van der Waals surface area contributed by atoms with Crippen LogP contribution in [0.25, 0.3) is 0 Å². The first-order valence-electron chi connectivity index (χ1n) is 8.94. The minimum absolute atomic E-state index is 0.0633. The van der Waals surface area contributed by atoms with E-state index in [1.807, 2.05) is 29.2 Å². The van der Waals surface area contributed by atoms with Crippen LogP contribution in [0.1, 0.15) is 22.8 Å². The van der Waals surface area contributed by atoms with Gasteiger partial charge in [-0.2, -0.15) is 0 Å². The van der Waals surface area contributed by atoms with Crippen LogP contribution in [-0.4, -0.2) is 49.9 Å². The molecule has 142 valence electrons. The fraction of sp³-hybridized carbons (Fsp3) is 0.333. The van der Waals surface area contributed by atoms with Gasteiger partial charge in [-0.1, -0.05) is 11.6 Å². The zero-order valence-electron chi connectivity index (χ0n) is 15.6. The maximum absolute atomic E-state index is 12.7. The highest BCUT2D eigenvalue weighted by Crippen LogP contribution is 2.24. The van der Waals surface area contributed by atoms with Gasteiger partial charge in [0.15, 0.2) is 5.78 Å². The number of Topliss-reactive ketones (excluding diaryl/α,β-unsaturated/α-hetero) is 1. The summed E-state index contributed by atoms with van der Waals surface area (Å²) in [5, 5.41) is 0.595. The highest BCUT2D eigenvalue weighted by Gasteiger charge is 2.22. The molecule has 6 heteroatoms. The number of anilines is 1. The lowest BCUT2D eigenvalue weighted by Crippen LogP contribution is -2.49. The molecule has 0 saturated carbocycles. The van der Waals surface area contributed by atoms with Crippen LogP contribution in [0.3, 0.4) is 0 Å². The Labute approximate surface area is 164 Å². The first-order valence-corrected chi connectivity index (χ1v) is 9.32. The highest BCUT2D eigenvalue weighted by molar-refractivity contribution is 6.30. The van der Waals surface area contributed by atoms with Crippen molar-refractivity contribution in [1.82, 2.24) is 4.90 Å². The third-order valence-corrected chi connectivity index (χ3v) is 5.09. The number of amides is 1. The Balaban J connectivity index is 1.59. The summed E-state index contributed by atoms with van der Waals surface area (Å²) >= 11 is 6.05. The van der Waals surface area contributed by atoms with E-state index in [1.165, 1.54) is 0 Å². The number of ether oxygens (including phenoxy) is 1. The lowest BCUT2D eigenvalue weighted by molar-refractivity contribution is -0.130. The van der Waals surface area contributed by atoms with E-state index in [0.717, 1.165) is 24.3 Å². The normalized spacial score (nSPS) is 14.2. The van der Waals surface area contributed by atoms with E-state index in [9.17, 15) is 9.59 Å². The van der Waals surface area contributed by atoms with E-state index in [0.29, 0.717) is 29.4 Å². The van der Waals surface area contributed by atoms with Crippen LogP contribution < -0.4 is 9.64 Å². The number of nitrogens with zero attached hydrogens (tertiary/aromatic N) is 2. The van der Waals surface area contributed by atoms with E-state index in [-0.39, 0.29) is 18.1 Å². The lowest BCUT2D eigenvalue weighted by atomic mass is 10.1. The summed E-state index contributed by atoms with van der Waals surface area (Å²) in [6.45, 7) is 4.41. The summed E-state index contributed by atoms with van der Waals surface area (Å²) in [6, 6.07) is 12.9. The monoisotopic (exact) mass is 386 g/mol. The molecular formula is C21H23ClN2O3. The van der Waals surface area contributed by atoms with Gasteiger partial charge in [0.25, 0.3) is 0 Å². The number of rotatable bonds is 5. The number of carbonyl (C=O) groups is 2. The number of halogens is 1. The largest absolute Gasteiger partial charge is 0.496 e. The van der Waals surface area contributed by atoms with E-state index in [2.05, 4.69) is 4.90 Å². The van der Waals surface area contributed by atoms with E-state index < -0.39 is 0 Å². The molecule has 0 aliphatic carbocycles. The number of piperazine rings is 1. The van der Waals surface area contributed by atoms with E-state index >= 15 is 0 Å². The van der Waals surface area contributed by atoms with Gasteiger partial charge in [-0.05, 0) is 49.4 Å². The minimum atomic E-state index is 0.0633. The van der Waals surface area contributed by atoms with Gasteiger partial charge < -0.3 is 14.5 Å². The van der Waals surface area contributed by atoms with Gasteiger partial charge in [-0.25, -0.2) is 0 Å². The SMILES string of the molecule is COc1ccc(Cl)cc1CC(=O)N1CCN(c2ccc(C(C)=O)cc2)CC1. The molecule has 2 aromatic rings. The van der Waals surface area contributed by atoms with Crippen molar-refractivity contribution in [3.05, 3.63) is 58.6 Å². The Morgan fingerprint density at radius 1 is 1.04 bits per heavy atom. The van der Waals surface area contributed by atoms with Crippen molar-refractivity contribution in [2.45, 2.75) is 13.3 Å².